The molecule has 11 heteroatoms. The topological polar surface area (TPSA) is 152 Å². The molecule has 2 rings (SSSR count). The molecule has 0 bridgehead atoms. The third kappa shape index (κ3) is 2.83. The summed E-state index contributed by atoms with van der Waals surface area (Å²) in [7, 11) is 1.54. The molecule has 0 spiro atoms. The number of aryl methyl sites for hydroxylation is 1. The summed E-state index contributed by atoms with van der Waals surface area (Å²) < 4.78 is 1.30. The van der Waals surface area contributed by atoms with Crippen molar-refractivity contribution in [1.82, 2.24) is 24.7 Å². The Bertz CT molecular complexity index is 764. The third-order valence-corrected chi connectivity index (χ3v) is 3.11. The van der Waals surface area contributed by atoms with Crippen LogP contribution >= 0.6 is 11.8 Å². The lowest BCUT2D eigenvalue weighted by atomic mass is 10.4. The molecule has 0 aliphatic carbocycles. The molecule has 0 radical (unpaired) electrons. The molecule has 4 N–H and O–H groups in total. The number of nitrogens with zero attached hydrogens (tertiary/aromatic N) is 5. The van der Waals surface area contributed by atoms with Crippen LogP contribution in [0.4, 0.5) is 0 Å². The molecule has 0 unspecified atom stereocenters. The van der Waals surface area contributed by atoms with Gasteiger partial charge in [0, 0.05) is 7.05 Å². The highest BCUT2D eigenvalue weighted by Gasteiger charge is 2.08. The molecule has 0 fully saturated rings. The number of amidine groups is 1. The van der Waals surface area contributed by atoms with E-state index in [0.717, 1.165) is 11.8 Å². The van der Waals surface area contributed by atoms with Gasteiger partial charge in [-0.2, -0.15) is 4.98 Å². The zero-order chi connectivity index (χ0) is 14.7. The first-order chi connectivity index (χ1) is 9.51. The summed E-state index contributed by atoms with van der Waals surface area (Å²) in [6.07, 6.45) is 2.68. The summed E-state index contributed by atoms with van der Waals surface area (Å²) in [5.74, 6) is -0.163. The van der Waals surface area contributed by atoms with Crippen LogP contribution in [0.25, 0.3) is 0 Å². The van der Waals surface area contributed by atoms with E-state index in [2.05, 4.69) is 25.2 Å². The molecule has 104 valence electrons. The van der Waals surface area contributed by atoms with Gasteiger partial charge in [0.25, 0.3) is 0 Å². The molecule has 0 aliphatic rings. The molecule has 20 heavy (non-hydrogen) atoms. The maximum atomic E-state index is 11.2. The van der Waals surface area contributed by atoms with Crippen molar-refractivity contribution < 1.29 is 5.21 Å². The zero-order valence-corrected chi connectivity index (χ0v) is 11.0. The maximum absolute atomic E-state index is 11.2. The number of hydrogen-bond acceptors (Lipinski definition) is 8. The van der Waals surface area contributed by atoms with Crippen molar-refractivity contribution in [2.45, 2.75) is 10.2 Å². The number of aromatic amines is 1. The van der Waals surface area contributed by atoms with Crippen molar-refractivity contribution in [3.05, 3.63) is 38.8 Å². The number of aromatic nitrogens is 5. The fourth-order valence-corrected chi connectivity index (χ4v) is 1.91. The Labute approximate surface area is 115 Å². The number of H-pyrrole nitrogens is 1. The predicted octanol–water partition coefficient (Wildman–Crippen LogP) is -1.50. The Morgan fingerprint density at radius 2 is 2.20 bits per heavy atom. The van der Waals surface area contributed by atoms with E-state index in [1.807, 2.05) is 0 Å². The molecule has 10 nitrogen and oxygen atoms in total. The van der Waals surface area contributed by atoms with Gasteiger partial charge in [-0.25, -0.2) is 9.97 Å². The normalized spacial score (nSPS) is 11.6. The number of nitrogens with two attached hydrogens (primary N) is 1. The summed E-state index contributed by atoms with van der Waals surface area (Å²) in [6.45, 7) is 0. The second-order valence-corrected chi connectivity index (χ2v) is 4.51. The van der Waals surface area contributed by atoms with Gasteiger partial charge in [0.1, 0.15) is 10.7 Å². The molecule has 0 saturated heterocycles. The van der Waals surface area contributed by atoms with Crippen LogP contribution in [0.2, 0.25) is 0 Å². The molecule has 2 heterocycles. The molecule has 0 aliphatic heterocycles. The van der Waals surface area contributed by atoms with Crippen molar-refractivity contribution in [1.29, 1.82) is 0 Å². The number of hydrogen-bond donors (Lipinski definition) is 3. The van der Waals surface area contributed by atoms with Crippen LogP contribution < -0.4 is 16.9 Å². The van der Waals surface area contributed by atoms with E-state index in [0.29, 0.717) is 5.03 Å². The minimum atomic E-state index is -0.883. The van der Waals surface area contributed by atoms with Gasteiger partial charge in [0.15, 0.2) is 11.0 Å². The number of rotatable bonds is 3. The molecule has 0 saturated carbocycles. The Balaban J connectivity index is 2.29. The quantitative estimate of drug-likeness (QED) is 0.203. The summed E-state index contributed by atoms with van der Waals surface area (Å²) in [5.41, 5.74) is 3.88. The van der Waals surface area contributed by atoms with Crippen LogP contribution in [0.15, 0.2) is 37.3 Å². The standard InChI is InChI=1S/C9H9N7O3S/c1-16-9(13-7(17)8(18)14-16)20-5-3-11-4(2-12-5)6(10)15-19/h2-3,19H,1H3,(H2,10,15)(H,14,18). The second kappa shape index (κ2) is 5.52. The molecule has 2 aromatic rings. The lowest BCUT2D eigenvalue weighted by molar-refractivity contribution is 0.318. The van der Waals surface area contributed by atoms with Crippen LogP contribution in [0.1, 0.15) is 5.69 Å². The number of nitrogens with one attached hydrogen (secondary N) is 1. The van der Waals surface area contributed by atoms with Gasteiger partial charge in [-0.1, -0.05) is 5.16 Å². The van der Waals surface area contributed by atoms with E-state index >= 15 is 0 Å². The predicted molar refractivity (Wildman–Crippen MR) is 68.8 cm³/mol. The Hall–Kier alpha value is -2.69. The monoisotopic (exact) mass is 295 g/mol. The number of oxime groups is 1. The first-order valence-electron chi connectivity index (χ1n) is 5.16. The largest absolute Gasteiger partial charge is 0.409 e. The fourth-order valence-electron chi connectivity index (χ4n) is 1.20. The highest BCUT2D eigenvalue weighted by atomic mass is 32.2. The van der Waals surface area contributed by atoms with Gasteiger partial charge in [-0.3, -0.25) is 19.4 Å². The first kappa shape index (κ1) is 13.7. The third-order valence-electron chi connectivity index (χ3n) is 2.14. The Morgan fingerprint density at radius 3 is 2.80 bits per heavy atom. The van der Waals surface area contributed by atoms with Crippen LogP contribution in [0, 0.1) is 0 Å². The highest BCUT2D eigenvalue weighted by Crippen LogP contribution is 2.20. The minimum absolute atomic E-state index is 0.163. The molecular formula is C9H9N7O3S. The van der Waals surface area contributed by atoms with E-state index in [4.69, 9.17) is 10.9 Å². The minimum Gasteiger partial charge on any atom is -0.409 e. The van der Waals surface area contributed by atoms with Crippen LogP contribution in [-0.4, -0.2) is 35.8 Å². The average Bonchev–Trinajstić information content (AvgIpc) is 2.44. The van der Waals surface area contributed by atoms with Gasteiger partial charge in [-0.15, -0.1) is 0 Å². The SMILES string of the molecule is Cn1[nH]c(=O)c(=O)nc1Sc1cnc(C(N)=NO)cn1. The molecule has 0 aromatic carbocycles. The van der Waals surface area contributed by atoms with E-state index in [1.165, 1.54) is 24.1 Å². The van der Waals surface area contributed by atoms with E-state index < -0.39 is 11.1 Å². The van der Waals surface area contributed by atoms with Crippen LogP contribution in [0.5, 0.6) is 0 Å². The molecular weight excluding hydrogens is 286 g/mol. The summed E-state index contributed by atoms with van der Waals surface area (Å²) in [5, 5.41) is 14.3. The van der Waals surface area contributed by atoms with Crippen molar-refractivity contribution >= 4 is 17.6 Å². The Kier molecular flexibility index (Phi) is 3.79. The zero-order valence-electron chi connectivity index (χ0n) is 10.1. The van der Waals surface area contributed by atoms with Crippen molar-refractivity contribution in [3.63, 3.8) is 0 Å². The maximum Gasteiger partial charge on any atom is 0.339 e. The van der Waals surface area contributed by atoms with E-state index in [1.54, 1.807) is 0 Å². The molecule has 0 amide bonds. The summed E-state index contributed by atoms with van der Waals surface area (Å²) in [6, 6.07) is 0. The van der Waals surface area contributed by atoms with Gasteiger partial charge in [0.05, 0.1) is 12.4 Å². The van der Waals surface area contributed by atoms with E-state index in [9.17, 15) is 9.59 Å². The summed E-state index contributed by atoms with van der Waals surface area (Å²) >= 11 is 1.03. The van der Waals surface area contributed by atoms with Gasteiger partial charge in [0.2, 0.25) is 0 Å². The smallest absolute Gasteiger partial charge is 0.339 e. The van der Waals surface area contributed by atoms with Crippen LogP contribution in [-0.2, 0) is 7.05 Å². The van der Waals surface area contributed by atoms with Crippen molar-refractivity contribution in [3.8, 4) is 0 Å². The lowest BCUT2D eigenvalue weighted by Gasteiger charge is -2.05. The lowest BCUT2D eigenvalue weighted by Crippen LogP contribution is -2.33. The van der Waals surface area contributed by atoms with Crippen molar-refractivity contribution in [2.24, 2.45) is 17.9 Å². The average molecular weight is 295 g/mol. The second-order valence-electron chi connectivity index (χ2n) is 3.53. The van der Waals surface area contributed by atoms with Gasteiger partial charge in [-0.05, 0) is 11.8 Å². The van der Waals surface area contributed by atoms with Gasteiger partial charge >= 0.3 is 11.1 Å². The highest BCUT2D eigenvalue weighted by molar-refractivity contribution is 7.99. The first-order valence-corrected chi connectivity index (χ1v) is 5.98. The van der Waals surface area contributed by atoms with Crippen LogP contribution in [0.3, 0.4) is 0 Å². The van der Waals surface area contributed by atoms with Gasteiger partial charge < -0.3 is 10.9 Å². The molecule has 2 aromatic heterocycles. The fraction of sp³-hybridized carbons (Fsp3) is 0.111. The van der Waals surface area contributed by atoms with E-state index in [-0.39, 0.29) is 16.7 Å². The summed E-state index contributed by atoms with van der Waals surface area (Å²) in [4.78, 5) is 33.8. The molecule has 0 atom stereocenters. The Morgan fingerprint density at radius 1 is 1.45 bits per heavy atom. The van der Waals surface area contributed by atoms with Crippen molar-refractivity contribution in [2.75, 3.05) is 0 Å².